The van der Waals surface area contributed by atoms with Crippen molar-refractivity contribution in [2.45, 2.75) is 16.1 Å². The van der Waals surface area contributed by atoms with Crippen LogP contribution in [0, 0.1) is 0 Å². The lowest BCUT2D eigenvalue weighted by molar-refractivity contribution is -0.117. The molecule has 0 saturated heterocycles. The second-order valence-corrected chi connectivity index (χ2v) is 12.1. The minimum absolute atomic E-state index is 0.0258. The first kappa shape index (κ1) is 29.1. The van der Waals surface area contributed by atoms with Crippen molar-refractivity contribution < 1.29 is 19.4 Å². The maximum Gasteiger partial charge on any atom is 0.296 e. The first-order valence-corrected chi connectivity index (χ1v) is 15.6. The average Bonchev–Trinajstić information content (AvgIpc) is 3.64. The van der Waals surface area contributed by atoms with Crippen molar-refractivity contribution in [1.82, 2.24) is 10.2 Å². The highest BCUT2D eigenvalue weighted by atomic mass is 32.2. The molecule has 218 valence electrons. The summed E-state index contributed by atoms with van der Waals surface area (Å²) in [5.41, 5.74) is 2.57. The van der Waals surface area contributed by atoms with E-state index in [9.17, 15) is 14.7 Å². The van der Waals surface area contributed by atoms with Gasteiger partial charge in [-0.1, -0.05) is 127 Å². The number of benzene rings is 4. The Balaban J connectivity index is 1.30. The fourth-order valence-corrected chi connectivity index (χ4v) is 6.88. The Labute approximate surface area is 262 Å². The zero-order valence-corrected chi connectivity index (χ0v) is 25.1. The lowest BCUT2D eigenvalue weighted by atomic mass is 9.95. The van der Waals surface area contributed by atoms with Gasteiger partial charge < -0.3 is 9.84 Å². The summed E-state index contributed by atoms with van der Waals surface area (Å²) in [6.45, 7) is 4.01. The van der Waals surface area contributed by atoms with Crippen LogP contribution < -0.4 is 9.64 Å². The normalized spacial score (nSPS) is 15.0. The number of nitrogens with zero attached hydrogens (tertiary/aromatic N) is 3. The molecule has 7 nitrogen and oxygen atoms in total. The Kier molecular flexibility index (Phi) is 8.67. The Morgan fingerprint density at radius 3 is 2.52 bits per heavy atom. The number of carbonyl (C=O) groups is 2. The van der Waals surface area contributed by atoms with Gasteiger partial charge in [0, 0.05) is 5.75 Å². The van der Waals surface area contributed by atoms with E-state index in [4.69, 9.17) is 4.74 Å². The molecule has 0 aliphatic carbocycles. The van der Waals surface area contributed by atoms with E-state index in [1.54, 1.807) is 36.4 Å². The Morgan fingerprint density at radius 1 is 0.977 bits per heavy atom. The Hall–Kier alpha value is -4.99. The molecular formula is C35H27N3O4S2. The number of ether oxygens (including phenoxy) is 1. The van der Waals surface area contributed by atoms with E-state index in [2.05, 4.69) is 41.0 Å². The van der Waals surface area contributed by atoms with Crippen LogP contribution >= 0.6 is 23.1 Å². The van der Waals surface area contributed by atoms with Crippen LogP contribution in [0.3, 0.4) is 0 Å². The molecule has 0 spiro atoms. The average molecular weight is 618 g/mol. The highest BCUT2D eigenvalue weighted by Crippen LogP contribution is 2.43. The third kappa shape index (κ3) is 6.06. The summed E-state index contributed by atoms with van der Waals surface area (Å²) in [5, 5.41) is 22.4. The minimum atomic E-state index is -0.909. The second-order valence-electron chi connectivity index (χ2n) is 9.89. The number of carbonyl (C=O) groups excluding carboxylic acids is 2. The molecule has 1 atom stereocenters. The zero-order valence-electron chi connectivity index (χ0n) is 23.5. The number of thioether (sulfide) groups is 1. The highest BCUT2D eigenvalue weighted by molar-refractivity contribution is 8.00. The van der Waals surface area contributed by atoms with Gasteiger partial charge in [-0.2, -0.15) is 0 Å². The van der Waals surface area contributed by atoms with E-state index in [0.717, 1.165) is 16.5 Å². The van der Waals surface area contributed by atoms with Crippen LogP contribution in [0.25, 0.3) is 16.8 Å². The molecular weight excluding hydrogens is 591 g/mol. The molecule has 1 aliphatic rings. The predicted octanol–water partition coefficient (Wildman–Crippen LogP) is 7.73. The molecule has 4 aromatic carbocycles. The maximum absolute atomic E-state index is 13.6. The smallest absolute Gasteiger partial charge is 0.296 e. The van der Waals surface area contributed by atoms with Crippen molar-refractivity contribution in [2.24, 2.45) is 0 Å². The van der Waals surface area contributed by atoms with E-state index >= 15 is 0 Å². The maximum atomic E-state index is 13.6. The fraction of sp³-hybridized carbons (Fsp3) is 0.0857. The number of rotatable bonds is 11. The number of amides is 1. The van der Waals surface area contributed by atoms with Crippen molar-refractivity contribution in [1.29, 1.82) is 0 Å². The first-order valence-electron chi connectivity index (χ1n) is 13.8. The third-order valence-corrected chi connectivity index (χ3v) is 9.20. The van der Waals surface area contributed by atoms with E-state index in [1.165, 1.54) is 39.5 Å². The molecule has 0 bridgehead atoms. The van der Waals surface area contributed by atoms with Gasteiger partial charge in [0.15, 0.2) is 15.9 Å². The molecule has 5 aromatic rings. The summed E-state index contributed by atoms with van der Waals surface area (Å²) in [7, 11) is 0. The van der Waals surface area contributed by atoms with Crippen LogP contribution in [0.2, 0.25) is 0 Å². The zero-order chi connectivity index (χ0) is 30.5. The number of allylic oxidation sites excluding steroid dienone is 1. The molecule has 1 aliphatic heterocycles. The molecule has 9 heteroatoms. The molecule has 44 heavy (non-hydrogen) atoms. The number of aliphatic hydroxyl groups is 1. The summed E-state index contributed by atoms with van der Waals surface area (Å²) < 4.78 is 6.28. The minimum Gasteiger partial charge on any atom is -0.503 e. The van der Waals surface area contributed by atoms with E-state index in [-0.39, 0.29) is 10.7 Å². The van der Waals surface area contributed by atoms with E-state index < -0.39 is 23.5 Å². The lowest BCUT2D eigenvalue weighted by Crippen LogP contribution is -2.30. The summed E-state index contributed by atoms with van der Waals surface area (Å²) in [6, 6.07) is 29.9. The summed E-state index contributed by atoms with van der Waals surface area (Å²) >= 11 is 2.76. The molecule has 2 heterocycles. The molecule has 1 amide bonds. The summed E-state index contributed by atoms with van der Waals surface area (Å²) in [5.74, 6) is -0.520. The van der Waals surface area contributed by atoms with Gasteiger partial charge in [0.25, 0.3) is 5.91 Å². The SMILES string of the molecule is C=CCOc1ccc(C2C(C(=O)/C=C/c3ccccc3)=C(O)C(=O)N2c2nnc(SCc3cccc4ccccc34)s2)cc1. The first-order chi connectivity index (χ1) is 21.5. The van der Waals surface area contributed by atoms with Gasteiger partial charge in [0.05, 0.1) is 11.6 Å². The van der Waals surface area contributed by atoms with E-state index in [0.29, 0.717) is 28.0 Å². The van der Waals surface area contributed by atoms with Crippen molar-refractivity contribution in [3.63, 3.8) is 0 Å². The molecule has 1 N–H and O–H groups in total. The van der Waals surface area contributed by atoms with Crippen LogP contribution in [0.1, 0.15) is 22.7 Å². The van der Waals surface area contributed by atoms with Gasteiger partial charge in [-0.25, -0.2) is 0 Å². The second kappa shape index (κ2) is 13.1. The quantitative estimate of drug-likeness (QED) is 0.0702. The molecule has 0 saturated carbocycles. The van der Waals surface area contributed by atoms with Gasteiger partial charge in [-0.3, -0.25) is 14.5 Å². The van der Waals surface area contributed by atoms with Gasteiger partial charge in [0.1, 0.15) is 12.4 Å². The van der Waals surface area contributed by atoms with Crippen LogP contribution in [-0.2, 0) is 15.3 Å². The van der Waals surface area contributed by atoms with Crippen LogP contribution in [0.15, 0.2) is 131 Å². The van der Waals surface area contributed by atoms with Gasteiger partial charge in [-0.05, 0) is 45.7 Å². The van der Waals surface area contributed by atoms with E-state index in [1.807, 2.05) is 48.5 Å². The fourth-order valence-electron chi connectivity index (χ4n) is 5.01. The standard InChI is InChI=1S/C35H27N3O4S2/c1-2-21-42-27-18-16-25(17-19-27)31-30(29(39)20-15-23-9-4-3-5-10-23)32(40)33(41)38(31)34-36-37-35(44-34)43-22-26-13-8-12-24-11-6-7-14-28(24)26/h2-20,31,40H,1,21-22H2/b20-15+. The number of anilines is 1. The molecule has 0 radical (unpaired) electrons. The van der Waals surface area contributed by atoms with Crippen LogP contribution in [0.4, 0.5) is 5.13 Å². The van der Waals surface area contributed by atoms with Crippen molar-refractivity contribution in [2.75, 3.05) is 11.5 Å². The molecule has 0 fully saturated rings. The van der Waals surface area contributed by atoms with Crippen LogP contribution in [0.5, 0.6) is 5.75 Å². The topological polar surface area (TPSA) is 92.6 Å². The number of fused-ring (bicyclic) bond motifs is 1. The van der Waals surface area contributed by atoms with Gasteiger partial charge in [-0.15, -0.1) is 10.2 Å². The monoisotopic (exact) mass is 617 g/mol. The number of aliphatic hydroxyl groups excluding tert-OH is 1. The number of hydrogen-bond donors (Lipinski definition) is 1. The highest BCUT2D eigenvalue weighted by Gasteiger charge is 2.45. The summed E-state index contributed by atoms with van der Waals surface area (Å²) in [6.07, 6.45) is 4.68. The predicted molar refractivity (Wildman–Crippen MR) is 176 cm³/mol. The summed E-state index contributed by atoms with van der Waals surface area (Å²) in [4.78, 5) is 28.5. The Bertz CT molecular complexity index is 1890. The Morgan fingerprint density at radius 2 is 1.73 bits per heavy atom. The van der Waals surface area contributed by atoms with Gasteiger partial charge >= 0.3 is 0 Å². The molecule has 1 aromatic heterocycles. The number of aromatic nitrogens is 2. The van der Waals surface area contributed by atoms with Crippen LogP contribution in [-0.4, -0.2) is 33.6 Å². The van der Waals surface area contributed by atoms with Crippen molar-refractivity contribution >= 4 is 56.8 Å². The number of hydrogen-bond acceptors (Lipinski definition) is 8. The molecule has 6 rings (SSSR count). The lowest BCUT2D eigenvalue weighted by Gasteiger charge is -2.24. The largest absolute Gasteiger partial charge is 0.503 e. The van der Waals surface area contributed by atoms with Crippen molar-refractivity contribution in [3.8, 4) is 5.75 Å². The number of ketones is 1. The molecule has 1 unspecified atom stereocenters. The van der Waals surface area contributed by atoms with Crippen molar-refractivity contribution in [3.05, 3.63) is 144 Å². The van der Waals surface area contributed by atoms with Gasteiger partial charge in [0.2, 0.25) is 5.13 Å². The third-order valence-electron chi connectivity index (χ3n) is 7.10.